The van der Waals surface area contributed by atoms with Gasteiger partial charge in [-0.2, -0.15) is 0 Å². The molecule has 2 N–H and O–H groups in total. The second-order valence-electron chi connectivity index (χ2n) is 6.20. The number of piperidine rings is 1. The predicted octanol–water partition coefficient (Wildman–Crippen LogP) is 2.37. The van der Waals surface area contributed by atoms with Crippen LogP contribution in [-0.4, -0.2) is 41.8 Å². The molecule has 2 unspecified atom stereocenters. The van der Waals surface area contributed by atoms with E-state index in [4.69, 9.17) is 5.11 Å². The summed E-state index contributed by atoms with van der Waals surface area (Å²) in [7, 11) is 0. The van der Waals surface area contributed by atoms with Gasteiger partial charge in [0, 0.05) is 25.7 Å². The molecule has 1 heterocycles. The van der Waals surface area contributed by atoms with Crippen LogP contribution in [0.1, 0.15) is 51.9 Å². The van der Waals surface area contributed by atoms with E-state index in [0.29, 0.717) is 12.0 Å². The van der Waals surface area contributed by atoms with Gasteiger partial charge in [0.25, 0.3) is 0 Å². The number of hydrogen-bond donors (Lipinski definition) is 2. The van der Waals surface area contributed by atoms with Crippen LogP contribution in [0, 0.1) is 11.8 Å². The summed E-state index contributed by atoms with van der Waals surface area (Å²) in [6.45, 7) is 4.09. The highest BCUT2D eigenvalue weighted by molar-refractivity contribution is 5.74. The molecule has 2 amide bonds. The Morgan fingerprint density at radius 3 is 2.58 bits per heavy atom. The Balaban J connectivity index is 1.75. The highest BCUT2D eigenvalue weighted by atomic mass is 16.3. The smallest absolute Gasteiger partial charge is 0.317 e. The normalized spacial score (nSPS) is 29.3. The molecule has 0 bridgehead atoms. The Labute approximate surface area is 116 Å². The lowest BCUT2D eigenvalue weighted by molar-refractivity contribution is 0.133. The van der Waals surface area contributed by atoms with Gasteiger partial charge in [0.05, 0.1) is 0 Å². The Hall–Kier alpha value is -0.770. The van der Waals surface area contributed by atoms with Crippen LogP contribution in [0.5, 0.6) is 0 Å². The molecular formula is C15H28N2O2. The topological polar surface area (TPSA) is 52.6 Å². The van der Waals surface area contributed by atoms with Gasteiger partial charge in [-0.15, -0.1) is 0 Å². The zero-order valence-corrected chi connectivity index (χ0v) is 12.1. The molecule has 0 spiro atoms. The van der Waals surface area contributed by atoms with Crippen molar-refractivity contribution >= 4 is 6.03 Å². The molecule has 2 aliphatic rings. The Morgan fingerprint density at radius 1 is 1.21 bits per heavy atom. The molecule has 1 aliphatic carbocycles. The fourth-order valence-corrected chi connectivity index (χ4v) is 3.38. The number of amides is 2. The Bertz CT molecular complexity index is 288. The van der Waals surface area contributed by atoms with Gasteiger partial charge in [-0.05, 0) is 37.5 Å². The number of aliphatic hydroxyl groups excluding tert-OH is 1. The number of rotatable bonds is 3. The largest absolute Gasteiger partial charge is 0.396 e. The minimum Gasteiger partial charge on any atom is -0.396 e. The first-order valence-electron chi connectivity index (χ1n) is 7.89. The SMILES string of the molecule is CCC1CCCC(NC(=O)N2CCC(CO)CC2)C1. The molecule has 110 valence electrons. The van der Waals surface area contributed by atoms with Crippen LogP contribution in [0.2, 0.25) is 0 Å². The van der Waals surface area contributed by atoms with Gasteiger partial charge in [0.2, 0.25) is 0 Å². The molecule has 0 radical (unpaired) electrons. The van der Waals surface area contributed by atoms with Gasteiger partial charge in [0.1, 0.15) is 0 Å². The van der Waals surface area contributed by atoms with E-state index in [1.165, 1.54) is 19.3 Å². The number of aliphatic hydroxyl groups is 1. The predicted molar refractivity (Wildman–Crippen MR) is 76.0 cm³/mol. The Kier molecular flexibility index (Phi) is 5.49. The summed E-state index contributed by atoms with van der Waals surface area (Å²) in [4.78, 5) is 14.1. The minimum absolute atomic E-state index is 0.109. The van der Waals surface area contributed by atoms with Crippen LogP contribution in [-0.2, 0) is 0 Å². The van der Waals surface area contributed by atoms with Gasteiger partial charge < -0.3 is 15.3 Å². The second-order valence-corrected chi connectivity index (χ2v) is 6.20. The van der Waals surface area contributed by atoms with E-state index in [-0.39, 0.29) is 12.6 Å². The van der Waals surface area contributed by atoms with Crippen LogP contribution in [0.25, 0.3) is 0 Å². The summed E-state index contributed by atoms with van der Waals surface area (Å²) in [5, 5.41) is 12.3. The van der Waals surface area contributed by atoms with Crippen molar-refractivity contribution < 1.29 is 9.90 Å². The van der Waals surface area contributed by atoms with Crippen molar-refractivity contribution in [2.45, 2.75) is 57.9 Å². The maximum Gasteiger partial charge on any atom is 0.317 e. The van der Waals surface area contributed by atoms with E-state index in [1.807, 2.05) is 4.90 Å². The van der Waals surface area contributed by atoms with Crippen LogP contribution in [0.3, 0.4) is 0 Å². The number of nitrogens with one attached hydrogen (secondary N) is 1. The average molecular weight is 268 g/mol. The molecule has 0 aromatic rings. The van der Waals surface area contributed by atoms with Gasteiger partial charge >= 0.3 is 6.03 Å². The van der Waals surface area contributed by atoms with Crippen molar-refractivity contribution in [3.63, 3.8) is 0 Å². The molecule has 2 atom stereocenters. The van der Waals surface area contributed by atoms with Crippen LogP contribution in [0.4, 0.5) is 4.79 Å². The molecule has 0 aromatic carbocycles. The quantitative estimate of drug-likeness (QED) is 0.825. The lowest BCUT2D eigenvalue weighted by atomic mass is 9.84. The zero-order valence-electron chi connectivity index (χ0n) is 12.1. The van der Waals surface area contributed by atoms with E-state index in [0.717, 1.165) is 44.7 Å². The third-order valence-electron chi connectivity index (χ3n) is 4.85. The summed E-state index contributed by atoms with van der Waals surface area (Å²) in [6, 6.07) is 0.486. The number of nitrogens with zero attached hydrogens (tertiary/aromatic N) is 1. The summed E-state index contributed by atoms with van der Waals surface area (Å²) in [6.07, 6.45) is 7.96. The van der Waals surface area contributed by atoms with Gasteiger partial charge in [0.15, 0.2) is 0 Å². The van der Waals surface area contributed by atoms with Crippen LogP contribution >= 0.6 is 0 Å². The average Bonchev–Trinajstić information content (AvgIpc) is 2.47. The monoisotopic (exact) mass is 268 g/mol. The van der Waals surface area contributed by atoms with E-state index in [2.05, 4.69) is 12.2 Å². The molecule has 4 nitrogen and oxygen atoms in total. The molecule has 4 heteroatoms. The number of likely N-dealkylation sites (tertiary alicyclic amines) is 1. The first-order chi connectivity index (χ1) is 9.22. The highest BCUT2D eigenvalue weighted by Gasteiger charge is 2.26. The molecular weight excluding hydrogens is 240 g/mol. The highest BCUT2D eigenvalue weighted by Crippen LogP contribution is 2.26. The third-order valence-corrected chi connectivity index (χ3v) is 4.85. The minimum atomic E-state index is 0.109. The molecule has 1 saturated heterocycles. The number of urea groups is 1. The van der Waals surface area contributed by atoms with Crippen LogP contribution in [0.15, 0.2) is 0 Å². The maximum atomic E-state index is 12.2. The van der Waals surface area contributed by atoms with Crippen molar-refractivity contribution in [1.82, 2.24) is 10.2 Å². The molecule has 2 fully saturated rings. The van der Waals surface area contributed by atoms with Crippen molar-refractivity contribution in [1.29, 1.82) is 0 Å². The lowest BCUT2D eigenvalue weighted by Gasteiger charge is -2.34. The van der Waals surface area contributed by atoms with Crippen LogP contribution < -0.4 is 5.32 Å². The summed E-state index contributed by atoms with van der Waals surface area (Å²) in [5.74, 6) is 1.18. The Morgan fingerprint density at radius 2 is 1.95 bits per heavy atom. The molecule has 1 saturated carbocycles. The summed E-state index contributed by atoms with van der Waals surface area (Å²) < 4.78 is 0. The van der Waals surface area contributed by atoms with Gasteiger partial charge in [-0.3, -0.25) is 0 Å². The first-order valence-corrected chi connectivity index (χ1v) is 7.89. The van der Waals surface area contributed by atoms with E-state index in [1.54, 1.807) is 0 Å². The second kappa shape index (κ2) is 7.13. The molecule has 19 heavy (non-hydrogen) atoms. The standard InChI is InChI=1S/C15H28N2O2/c1-2-12-4-3-5-14(10-12)16-15(19)17-8-6-13(11-18)7-9-17/h12-14,18H,2-11H2,1H3,(H,16,19). The number of carbonyl (C=O) groups excluding carboxylic acids is 1. The zero-order chi connectivity index (χ0) is 13.7. The fourth-order valence-electron chi connectivity index (χ4n) is 3.38. The van der Waals surface area contributed by atoms with E-state index >= 15 is 0 Å². The van der Waals surface area contributed by atoms with Crippen molar-refractivity contribution in [2.24, 2.45) is 11.8 Å². The van der Waals surface area contributed by atoms with Crippen molar-refractivity contribution in [3.8, 4) is 0 Å². The molecule has 0 aromatic heterocycles. The van der Waals surface area contributed by atoms with Gasteiger partial charge in [-0.1, -0.05) is 26.2 Å². The lowest BCUT2D eigenvalue weighted by Crippen LogP contribution is -2.49. The fraction of sp³-hybridized carbons (Fsp3) is 0.933. The van der Waals surface area contributed by atoms with Gasteiger partial charge in [-0.25, -0.2) is 4.79 Å². The third kappa shape index (κ3) is 4.10. The first kappa shape index (κ1) is 14.6. The van der Waals surface area contributed by atoms with E-state index < -0.39 is 0 Å². The van der Waals surface area contributed by atoms with Crippen molar-refractivity contribution in [2.75, 3.05) is 19.7 Å². The number of carbonyl (C=O) groups is 1. The molecule has 1 aliphatic heterocycles. The summed E-state index contributed by atoms with van der Waals surface area (Å²) >= 11 is 0. The van der Waals surface area contributed by atoms with Crippen molar-refractivity contribution in [3.05, 3.63) is 0 Å². The maximum absolute atomic E-state index is 12.2. The van der Waals surface area contributed by atoms with E-state index in [9.17, 15) is 4.79 Å². The summed E-state index contributed by atoms with van der Waals surface area (Å²) in [5.41, 5.74) is 0. The molecule has 2 rings (SSSR count). The number of hydrogen-bond acceptors (Lipinski definition) is 2.